The first-order valence-corrected chi connectivity index (χ1v) is 13.7. The van der Waals surface area contributed by atoms with Crippen LogP contribution in [-0.2, 0) is 10.3 Å². The molecular weight excluding hydrogens is 544 g/mol. The van der Waals surface area contributed by atoms with Crippen LogP contribution in [0.25, 0.3) is 11.1 Å². The maximum Gasteiger partial charge on any atom is 0.410 e. The predicted octanol–water partition coefficient (Wildman–Crippen LogP) is 7.25. The van der Waals surface area contributed by atoms with E-state index < -0.39 is 17.0 Å². The van der Waals surface area contributed by atoms with Gasteiger partial charge in [0.1, 0.15) is 17.0 Å². The fourth-order valence-corrected chi connectivity index (χ4v) is 5.07. The Bertz CT molecular complexity index is 1350. The number of rotatable bonds is 9. The number of benzene rings is 1. The molecule has 1 amide bonds. The number of anilines is 1. The lowest BCUT2D eigenvalue weighted by Crippen LogP contribution is -2.35. The number of carbonyl (C=O) groups excluding carboxylic acids is 1. The summed E-state index contributed by atoms with van der Waals surface area (Å²) < 4.78 is 27.8. The average molecular weight is 579 g/mol. The van der Waals surface area contributed by atoms with Gasteiger partial charge in [-0.2, -0.15) is 5.10 Å². The smallest absolute Gasteiger partial charge is 0.410 e. The molecule has 0 bridgehead atoms. The molecule has 3 aromatic rings. The van der Waals surface area contributed by atoms with Crippen LogP contribution in [0.1, 0.15) is 65.0 Å². The molecule has 0 aliphatic heterocycles. The Balaban J connectivity index is 1.49. The SMILES string of the molecule is CCC(CCN(C)C(=O)OC(C)(C)C)n1cc(-c2cnc(N)c(OC3(c4c(Cl)ccc(F)c4Cl)CC3)c2)cn1. The Morgan fingerprint density at radius 3 is 2.62 bits per heavy atom. The third-order valence-electron chi connectivity index (χ3n) is 6.67. The summed E-state index contributed by atoms with van der Waals surface area (Å²) in [6.45, 7) is 8.14. The summed E-state index contributed by atoms with van der Waals surface area (Å²) in [6.07, 6.45) is 7.77. The largest absolute Gasteiger partial charge is 0.479 e. The molecule has 1 aromatic carbocycles. The fourth-order valence-electron chi connectivity index (χ4n) is 4.35. The number of nitrogens with zero attached hydrogens (tertiary/aromatic N) is 4. The second kappa shape index (κ2) is 11.2. The van der Waals surface area contributed by atoms with E-state index >= 15 is 0 Å². The van der Waals surface area contributed by atoms with Crippen LogP contribution < -0.4 is 10.5 Å². The highest BCUT2D eigenvalue weighted by Crippen LogP contribution is 2.54. The lowest BCUT2D eigenvalue weighted by Gasteiger charge is -2.26. The van der Waals surface area contributed by atoms with E-state index in [4.69, 9.17) is 38.4 Å². The molecule has 2 N–H and O–H groups in total. The number of carbonyl (C=O) groups is 1. The topological polar surface area (TPSA) is 95.5 Å². The van der Waals surface area contributed by atoms with Crippen molar-refractivity contribution in [3.05, 3.63) is 58.2 Å². The van der Waals surface area contributed by atoms with Gasteiger partial charge in [0, 0.05) is 47.7 Å². The number of amides is 1. The number of hydrogen-bond acceptors (Lipinski definition) is 6. The number of hydrogen-bond donors (Lipinski definition) is 1. The maximum absolute atomic E-state index is 14.2. The first-order valence-electron chi connectivity index (χ1n) is 12.9. The Hall–Kier alpha value is -3.04. The van der Waals surface area contributed by atoms with Crippen molar-refractivity contribution in [2.45, 2.75) is 70.6 Å². The maximum atomic E-state index is 14.2. The molecule has 1 saturated carbocycles. The second-order valence-electron chi connectivity index (χ2n) is 10.9. The number of nitrogens with two attached hydrogens (primary N) is 1. The molecule has 8 nitrogen and oxygen atoms in total. The highest BCUT2D eigenvalue weighted by atomic mass is 35.5. The normalized spacial score (nSPS) is 15.1. The van der Waals surface area contributed by atoms with Crippen molar-refractivity contribution in [1.82, 2.24) is 19.7 Å². The molecule has 39 heavy (non-hydrogen) atoms. The average Bonchev–Trinajstić information content (AvgIpc) is 3.46. The van der Waals surface area contributed by atoms with Crippen molar-refractivity contribution in [1.29, 1.82) is 0 Å². The van der Waals surface area contributed by atoms with Gasteiger partial charge in [-0.15, -0.1) is 0 Å². The summed E-state index contributed by atoms with van der Waals surface area (Å²) in [7, 11) is 1.73. The van der Waals surface area contributed by atoms with Crippen LogP contribution in [0, 0.1) is 5.82 Å². The third-order valence-corrected chi connectivity index (χ3v) is 7.36. The second-order valence-corrected chi connectivity index (χ2v) is 11.7. The van der Waals surface area contributed by atoms with Gasteiger partial charge in [-0.25, -0.2) is 14.2 Å². The molecule has 4 rings (SSSR count). The summed E-state index contributed by atoms with van der Waals surface area (Å²) >= 11 is 12.6. The Morgan fingerprint density at radius 1 is 1.26 bits per heavy atom. The van der Waals surface area contributed by atoms with E-state index in [2.05, 4.69) is 17.0 Å². The van der Waals surface area contributed by atoms with Crippen molar-refractivity contribution >= 4 is 35.1 Å². The van der Waals surface area contributed by atoms with E-state index in [9.17, 15) is 9.18 Å². The van der Waals surface area contributed by atoms with E-state index in [1.54, 1.807) is 30.4 Å². The Kier molecular flexibility index (Phi) is 8.33. The molecule has 0 radical (unpaired) electrons. The monoisotopic (exact) mass is 577 g/mol. The van der Waals surface area contributed by atoms with Gasteiger partial charge >= 0.3 is 6.09 Å². The van der Waals surface area contributed by atoms with Gasteiger partial charge < -0.3 is 20.1 Å². The van der Waals surface area contributed by atoms with Crippen molar-refractivity contribution in [2.75, 3.05) is 19.3 Å². The summed E-state index contributed by atoms with van der Waals surface area (Å²) in [6, 6.07) is 4.58. The van der Waals surface area contributed by atoms with Crippen LogP contribution in [0.5, 0.6) is 5.75 Å². The molecule has 0 saturated heterocycles. The van der Waals surface area contributed by atoms with Crippen LogP contribution in [-0.4, -0.2) is 45.0 Å². The molecule has 0 spiro atoms. The minimum absolute atomic E-state index is 0.0492. The summed E-state index contributed by atoms with van der Waals surface area (Å²) in [5.74, 6) is 0.0128. The van der Waals surface area contributed by atoms with E-state index in [0.29, 0.717) is 42.1 Å². The number of ether oxygens (including phenoxy) is 2. The Morgan fingerprint density at radius 2 is 1.97 bits per heavy atom. The molecule has 1 unspecified atom stereocenters. The summed E-state index contributed by atoms with van der Waals surface area (Å²) in [5.41, 5.74) is 6.76. The molecule has 1 fully saturated rings. The van der Waals surface area contributed by atoms with Crippen molar-refractivity contribution < 1.29 is 18.7 Å². The van der Waals surface area contributed by atoms with E-state index in [1.165, 1.54) is 12.1 Å². The van der Waals surface area contributed by atoms with Gasteiger partial charge in [0.05, 0.1) is 17.3 Å². The van der Waals surface area contributed by atoms with Gasteiger partial charge in [0.25, 0.3) is 0 Å². The molecule has 2 heterocycles. The standard InChI is InChI=1S/C28H34Cl2FN5O3/c1-6-19(9-12-35(5)26(37)39-27(2,3)4)36-16-18(15-34-36)17-13-22(25(32)33-14-17)38-28(10-11-28)23-20(29)7-8-21(31)24(23)30/h7-8,13-16,19H,6,9-12H2,1-5H3,(H2,32,33). The lowest BCUT2D eigenvalue weighted by atomic mass is 10.1. The van der Waals surface area contributed by atoms with Crippen LogP contribution in [0.15, 0.2) is 36.8 Å². The first kappa shape index (κ1) is 29.0. The highest BCUT2D eigenvalue weighted by molar-refractivity contribution is 6.36. The minimum Gasteiger partial charge on any atom is -0.479 e. The molecule has 1 aliphatic rings. The van der Waals surface area contributed by atoms with Gasteiger partial charge in [-0.05, 0) is 64.7 Å². The number of aromatic nitrogens is 3. The van der Waals surface area contributed by atoms with Gasteiger partial charge in [-0.1, -0.05) is 30.1 Å². The molecule has 2 aromatic heterocycles. The minimum atomic E-state index is -0.859. The number of nitrogen functional groups attached to an aromatic ring is 1. The van der Waals surface area contributed by atoms with Gasteiger partial charge in [-0.3, -0.25) is 4.68 Å². The van der Waals surface area contributed by atoms with Crippen molar-refractivity contribution in [3.63, 3.8) is 0 Å². The third kappa shape index (κ3) is 6.58. The zero-order valence-corrected chi connectivity index (χ0v) is 24.3. The van der Waals surface area contributed by atoms with Crippen LogP contribution in [0.3, 0.4) is 0 Å². The molecule has 11 heteroatoms. The van der Waals surface area contributed by atoms with Gasteiger partial charge in [0.2, 0.25) is 0 Å². The lowest BCUT2D eigenvalue weighted by molar-refractivity contribution is 0.0290. The zero-order valence-electron chi connectivity index (χ0n) is 22.8. The number of halogens is 3. The van der Waals surface area contributed by atoms with Crippen molar-refractivity contribution in [2.24, 2.45) is 0 Å². The Labute approximate surface area is 238 Å². The van der Waals surface area contributed by atoms with Crippen LogP contribution in [0.2, 0.25) is 10.0 Å². The molecular formula is C28H34Cl2FN5O3. The molecule has 1 atom stereocenters. The quantitative estimate of drug-likeness (QED) is 0.269. The fraction of sp³-hybridized carbons (Fsp3) is 0.464. The van der Waals surface area contributed by atoms with Crippen LogP contribution >= 0.6 is 23.2 Å². The summed E-state index contributed by atoms with van der Waals surface area (Å²) in [5, 5.41) is 4.86. The van der Waals surface area contributed by atoms with E-state index in [0.717, 1.165) is 17.5 Å². The predicted molar refractivity (Wildman–Crippen MR) is 151 cm³/mol. The zero-order chi connectivity index (χ0) is 28.5. The first-order chi connectivity index (χ1) is 18.3. The van der Waals surface area contributed by atoms with E-state index in [-0.39, 0.29) is 23.0 Å². The summed E-state index contributed by atoms with van der Waals surface area (Å²) in [4.78, 5) is 18.2. The highest BCUT2D eigenvalue weighted by Gasteiger charge is 2.51. The van der Waals surface area contributed by atoms with Crippen molar-refractivity contribution in [3.8, 4) is 16.9 Å². The molecule has 1 aliphatic carbocycles. The number of pyridine rings is 1. The molecule has 210 valence electrons. The van der Waals surface area contributed by atoms with Crippen LogP contribution in [0.4, 0.5) is 15.0 Å². The van der Waals surface area contributed by atoms with E-state index in [1.807, 2.05) is 31.6 Å². The van der Waals surface area contributed by atoms with Gasteiger partial charge in [0.15, 0.2) is 11.6 Å².